The van der Waals surface area contributed by atoms with Gasteiger partial charge in [0.1, 0.15) is 0 Å². The summed E-state index contributed by atoms with van der Waals surface area (Å²) in [4.78, 5) is 0. The summed E-state index contributed by atoms with van der Waals surface area (Å²) in [5, 5.41) is 5.00. The normalized spacial score (nSPS) is 24.3. The van der Waals surface area contributed by atoms with Gasteiger partial charge in [-0.15, -0.1) is 0 Å². The maximum absolute atomic E-state index is 6.22. The lowest BCUT2D eigenvalue weighted by Gasteiger charge is -2.20. The Morgan fingerprint density at radius 3 is 2.58 bits per heavy atom. The van der Waals surface area contributed by atoms with Gasteiger partial charge in [0.2, 0.25) is 0 Å². The molecule has 3 heteroatoms. The Morgan fingerprint density at radius 1 is 1.11 bits per heavy atom. The number of halogens is 2. The molecule has 1 aliphatic carbocycles. The van der Waals surface area contributed by atoms with E-state index in [-0.39, 0.29) is 0 Å². The lowest BCUT2D eigenvalue weighted by Crippen LogP contribution is -2.19. The van der Waals surface area contributed by atoms with Crippen molar-refractivity contribution in [2.75, 3.05) is 5.32 Å². The van der Waals surface area contributed by atoms with Gasteiger partial charge in [0.25, 0.3) is 0 Å². The van der Waals surface area contributed by atoms with Crippen molar-refractivity contribution in [3.8, 4) is 0 Å². The molecule has 0 amide bonds. The molecule has 106 valence electrons. The minimum atomic E-state index is 0.544. The van der Waals surface area contributed by atoms with Crippen molar-refractivity contribution in [1.82, 2.24) is 0 Å². The van der Waals surface area contributed by atoms with Crippen molar-refractivity contribution in [1.29, 1.82) is 0 Å². The van der Waals surface area contributed by atoms with Gasteiger partial charge >= 0.3 is 0 Å². The highest BCUT2D eigenvalue weighted by molar-refractivity contribution is 6.36. The van der Waals surface area contributed by atoms with E-state index in [9.17, 15) is 0 Å². The molecule has 19 heavy (non-hydrogen) atoms. The fourth-order valence-corrected chi connectivity index (χ4v) is 3.43. The van der Waals surface area contributed by atoms with E-state index in [0.29, 0.717) is 11.1 Å². The third kappa shape index (κ3) is 4.29. The van der Waals surface area contributed by atoms with Crippen LogP contribution in [0.15, 0.2) is 18.2 Å². The monoisotopic (exact) mass is 299 g/mol. The van der Waals surface area contributed by atoms with Crippen molar-refractivity contribution in [3.05, 3.63) is 28.2 Å². The summed E-state index contributed by atoms with van der Waals surface area (Å²) in [6.45, 7) is 4.68. The van der Waals surface area contributed by atoms with E-state index in [1.54, 1.807) is 6.07 Å². The number of anilines is 1. The number of benzene rings is 1. The van der Waals surface area contributed by atoms with Crippen molar-refractivity contribution in [2.45, 2.75) is 52.0 Å². The molecule has 1 aromatic carbocycles. The van der Waals surface area contributed by atoms with Gasteiger partial charge in [0.15, 0.2) is 0 Å². The Labute approximate surface area is 126 Å². The van der Waals surface area contributed by atoms with Crippen molar-refractivity contribution >= 4 is 28.9 Å². The average Bonchev–Trinajstić information content (AvgIpc) is 2.58. The lowest BCUT2D eigenvalue weighted by molar-refractivity contribution is 0.341. The van der Waals surface area contributed by atoms with E-state index >= 15 is 0 Å². The Morgan fingerprint density at radius 2 is 1.89 bits per heavy atom. The van der Waals surface area contributed by atoms with E-state index in [2.05, 4.69) is 19.2 Å². The van der Waals surface area contributed by atoms with Crippen LogP contribution in [-0.2, 0) is 0 Å². The molecule has 1 aromatic rings. The van der Waals surface area contributed by atoms with Crippen molar-refractivity contribution in [3.63, 3.8) is 0 Å². The van der Waals surface area contributed by atoms with Crippen LogP contribution in [0.4, 0.5) is 5.69 Å². The highest BCUT2D eigenvalue weighted by Gasteiger charge is 2.21. The fourth-order valence-electron chi connectivity index (χ4n) is 2.97. The third-order valence-corrected chi connectivity index (χ3v) is 4.79. The van der Waals surface area contributed by atoms with Gasteiger partial charge in [-0.1, -0.05) is 49.9 Å². The predicted octanol–water partition coefficient (Wildman–Crippen LogP) is 6.01. The molecular formula is C16H23Cl2N. The second-order valence-electron chi connectivity index (χ2n) is 5.98. The molecule has 0 saturated heterocycles. The summed E-state index contributed by atoms with van der Waals surface area (Å²) >= 11 is 12.1. The molecule has 1 fully saturated rings. The molecule has 1 N–H and O–H groups in total. The van der Waals surface area contributed by atoms with Crippen molar-refractivity contribution < 1.29 is 0 Å². The van der Waals surface area contributed by atoms with Crippen LogP contribution >= 0.6 is 23.2 Å². The molecule has 0 heterocycles. The quantitative estimate of drug-likeness (QED) is 0.674. The summed E-state index contributed by atoms with van der Waals surface area (Å²) in [6.07, 6.45) is 6.47. The molecule has 0 radical (unpaired) electrons. The molecule has 1 nitrogen and oxygen atoms in total. The van der Waals surface area contributed by atoms with Crippen LogP contribution < -0.4 is 5.32 Å². The maximum Gasteiger partial charge on any atom is 0.0652 e. The highest BCUT2D eigenvalue weighted by Crippen LogP contribution is 2.32. The van der Waals surface area contributed by atoms with Gasteiger partial charge in [-0.25, -0.2) is 0 Å². The molecule has 0 bridgehead atoms. The number of hydrogen-bond acceptors (Lipinski definition) is 1. The van der Waals surface area contributed by atoms with Gasteiger partial charge in [-0.3, -0.25) is 0 Å². The summed E-state index contributed by atoms with van der Waals surface area (Å²) in [5.74, 6) is 1.69. The fraction of sp³-hybridized carbons (Fsp3) is 0.625. The molecular weight excluding hydrogens is 277 g/mol. The van der Waals surface area contributed by atoms with E-state index in [1.807, 2.05) is 12.1 Å². The minimum absolute atomic E-state index is 0.544. The molecule has 0 spiro atoms. The van der Waals surface area contributed by atoms with E-state index in [1.165, 1.54) is 32.1 Å². The van der Waals surface area contributed by atoms with Crippen molar-refractivity contribution in [2.24, 2.45) is 11.8 Å². The Bertz CT molecular complexity index is 417. The molecule has 0 aliphatic heterocycles. The zero-order valence-electron chi connectivity index (χ0n) is 11.8. The van der Waals surface area contributed by atoms with E-state index in [0.717, 1.165) is 22.5 Å². The first kappa shape index (κ1) is 15.0. The Hall–Kier alpha value is -0.400. The number of hydrogen-bond donors (Lipinski definition) is 1. The van der Waals surface area contributed by atoms with Crippen LogP contribution in [0.5, 0.6) is 0 Å². The Kier molecular flexibility index (Phi) is 5.41. The van der Waals surface area contributed by atoms with Crippen LogP contribution in [0.3, 0.4) is 0 Å². The first-order valence-corrected chi connectivity index (χ1v) is 8.03. The summed E-state index contributed by atoms with van der Waals surface area (Å²) in [7, 11) is 0. The Balaban J connectivity index is 1.96. The predicted molar refractivity (Wildman–Crippen MR) is 85.3 cm³/mol. The summed E-state index contributed by atoms with van der Waals surface area (Å²) in [6, 6.07) is 6.22. The first-order chi connectivity index (χ1) is 9.06. The van der Waals surface area contributed by atoms with Gasteiger partial charge in [-0.2, -0.15) is 0 Å². The minimum Gasteiger partial charge on any atom is -0.381 e. The lowest BCUT2D eigenvalue weighted by atomic mass is 9.89. The second-order valence-corrected chi connectivity index (χ2v) is 6.82. The van der Waals surface area contributed by atoms with Crippen LogP contribution in [0.2, 0.25) is 10.0 Å². The van der Waals surface area contributed by atoms with Gasteiger partial charge in [0.05, 0.1) is 10.7 Å². The first-order valence-electron chi connectivity index (χ1n) is 7.28. The van der Waals surface area contributed by atoms with Gasteiger partial charge in [-0.05, 0) is 49.3 Å². The molecule has 2 atom stereocenters. The van der Waals surface area contributed by atoms with Gasteiger partial charge < -0.3 is 5.32 Å². The maximum atomic E-state index is 6.22. The zero-order valence-corrected chi connectivity index (χ0v) is 13.3. The van der Waals surface area contributed by atoms with Crippen LogP contribution in [0.1, 0.15) is 46.0 Å². The van der Waals surface area contributed by atoms with E-state index < -0.39 is 0 Å². The third-order valence-electron chi connectivity index (χ3n) is 4.25. The zero-order chi connectivity index (χ0) is 13.8. The average molecular weight is 300 g/mol. The second kappa shape index (κ2) is 6.85. The molecule has 1 aliphatic rings. The number of rotatable bonds is 3. The molecule has 2 rings (SSSR count). The largest absolute Gasteiger partial charge is 0.381 e. The molecule has 2 unspecified atom stereocenters. The smallest absolute Gasteiger partial charge is 0.0652 e. The number of nitrogens with one attached hydrogen (secondary N) is 1. The molecule has 1 saturated carbocycles. The van der Waals surface area contributed by atoms with Crippen LogP contribution in [-0.4, -0.2) is 6.04 Å². The SMILES string of the molecule is CC(C)C1CCCC(Nc2ccc(Cl)cc2Cl)CC1. The molecule has 0 aromatic heterocycles. The summed E-state index contributed by atoms with van der Waals surface area (Å²) in [5.41, 5.74) is 1.01. The summed E-state index contributed by atoms with van der Waals surface area (Å²) < 4.78 is 0. The van der Waals surface area contributed by atoms with Crippen LogP contribution in [0, 0.1) is 11.8 Å². The van der Waals surface area contributed by atoms with Crippen LogP contribution in [0.25, 0.3) is 0 Å². The standard InChI is InChI=1S/C16H23Cl2N/c1-11(2)12-4-3-5-14(8-6-12)19-16-9-7-13(17)10-15(16)18/h7,9-12,14,19H,3-6,8H2,1-2H3. The van der Waals surface area contributed by atoms with E-state index in [4.69, 9.17) is 23.2 Å². The van der Waals surface area contributed by atoms with Gasteiger partial charge in [0, 0.05) is 11.1 Å². The topological polar surface area (TPSA) is 12.0 Å². The highest BCUT2D eigenvalue weighted by atomic mass is 35.5.